The van der Waals surface area contributed by atoms with E-state index in [0.29, 0.717) is 34.3 Å². The first-order valence-corrected chi connectivity index (χ1v) is 13.4. The molecule has 1 fully saturated rings. The van der Waals surface area contributed by atoms with Gasteiger partial charge in [0.2, 0.25) is 0 Å². The van der Waals surface area contributed by atoms with Crippen LogP contribution in [0.3, 0.4) is 0 Å². The van der Waals surface area contributed by atoms with Crippen molar-refractivity contribution in [2.45, 2.75) is 25.9 Å². The third kappa shape index (κ3) is 6.68. The molecule has 1 aliphatic heterocycles. The summed E-state index contributed by atoms with van der Waals surface area (Å²) in [4.78, 5) is 30.1. The second-order valence-electron chi connectivity index (χ2n) is 9.59. The Labute approximate surface area is 232 Å². The molecule has 0 aliphatic carbocycles. The van der Waals surface area contributed by atoms with Crippen LogP contribution in [0, 0.1) is 5.82 Å². The van der Waals surface area contributed by atoms with E-state index in [9.17, 15) is 14.0 Å². The van der Waals surface area contributed by atoms with E-state index in [2.05, 4.69) is 25.8 Å². The molecule has 1 aromatic heterocycles. The predicted molar refractivity (Wildman–Crippen MR) is 156 cm³/mol. The van der Waals surface area contributed by atoms with Crippen molar-refractivity contribution in [1.82, 2.24) is 4.98 Å². The van der Waals surface area contributed by atoms with Gasteiger partial charge in [-0.05, 0) is 92.6 Å². The number of hydrogen-bond acceptors (Lipinski definition) is 5. The number of benzene rings is 3. The molecule has 1 aliphatic rings. The molecule has 0 atom stereocenters. The SMILES string of the molecule is CCOC1CCN(c2ccc(C(=O)Nc3ccc(Nc4ccc(NC(=O)c5cc[nH]c5)cc4F)cc3)cc2)CC1. The number of halogens is 1. The minimum absolute atomic E-state index is 0.203. The van der Waals surface area contributed by atoms with Gasteiger partial charge >= 0.3 is 0 Å². The molecule has 0 bridgehead atoms. The molecule has 0 saturated carbocycles. The van der Waals surface area contributed by atoms with E-state index in [-0.39, 0.29) is 17.5 Å². The summed E-state index contributed by atoms with van der Waals surface area (Å²) in [6.07, 6.45) is 5.56. The summed E-state index contributed by atoms with van der Waals surface area (Å²) in [6, 6.07) is 20.7. The fraction of sp³-hybridized carbons (Fsp3) is 0.226. The van der Waals surface area contributed by atoms with Crippen LogP contribution in [0.15, 0.2) is 85.2 Å². The Morgan fingerprint density at radius 3 is 2.17 bits per heavy atom. The summed E-state index contributed by atoms with van der Waals surface area (Å²) in [5.74, 6) is -1.04. The van der Waals surface area contributed by atoms with E-state index >= 15 is 0 Å². The van der Waals surface area contributed by atoms with Crippen LogP contribution in [-0.2, 0) is 4.74 Å². The Hall–Kier alpha value is -4.63. The standard InChI is InChI=1S/C31H32FN5O3/c1-2-40-27-14-17-37(18-15-27)26-10-3-21(4-11-26)30(38)35-24-7-5-23(6-8-24)34-29-12-9-25(19-28(29)32)36-31(39)22-13-16-33-20-22/h3-13,16,19-20,27,33-34H,2,14-15,17-18H2,1H3,(H,35,38)(H,36,39). The minimum atomic E-state index is -0.508. The normalized spacial score (nSPS) is 13.6. The summed E-state index contributed by atoms with van der Waals surface area (Å²) < 4.78 is 20.4. The zero-order valence-corrected chi connectivity index (χ0v) is 22.2. The van der Waals surface area contributed by atoms with Crippen LogP contribution in [-0.4, -0.2) is 42.6 Å². The van der Waals surface area contributed by atoms with Crippen LogP contribution in [0.2, 0.25) is 0 Å². The van der Waals surface area contributed by atoms with Crippen molar-refractivity contribution >= 4 is 40.3 Å². The number of aromatic nitrogens is 1. The predicted octanol–water partition coefficient (Wildman–Crippen LogP) is 6.41. The van der Waals surface area contributed by atoms with Gasteiger partial charge in [0.15, 0.2) is 0 Å². The van der Waals surface area contributed by atoms with Gasteiger partial charge in [0, 0.05) is 60.4 Å². The Balaban J connectivity index is 1.13. The van der Waals surface area contributed by atoms with E-state index < -0.39 is 5.82 Å². The quantitative estimate of drug-likeness (QED) is 0.196. The molecule has 1 saturated heterocycles. The Kier molecular flexibility index (Phi) is 8.41. The van der Waals surface area contributed by atoms with Crippen molar-refractivity contribution in [2.24, 2.45) is 0 Å². The van der Waals surface area contributed by atoms with Crippen LogP contribution >= 0.6 is 0 Å². The van der Waals surface area contributed by atoms with Crippen LogP contribution < -0.4 is 20.9 Å². The molecule has 0 spiro atoms. The van der Waals surface area contributed by atoms with Gasteiger partial charge < -0.3 is 30.6 Å². The van der Waals surface area contributed by atoms with Crippen molar-refractivity contribution in [3.05, 3.63) is 102 Å². The number of piperidine rings is 1. The number of carbonyl (C=O) groups excluding carboxylic acids is 2. The summed E-state index contributed by atoms with van der Waals surface area (Å²) >= 11 is 0. The number of nitrogens with one attached hydrogen (secondary N) is 4. The van der Waals surface area contributed by atoms with Gasteiger partial charge in [-0.15, -0.1) is 0 Å². The van der Waals surface area contributed by atoms with Crippen molar-refractivity contribution in [3.63, 3.8) is 0 Å². The molecule has 9 heteroatoms. The first kappa shape index (κ1) is 27.0. The molecule has 5 rings (SSSR count). The number of carbonyl (C=O) groups is 2. The van der Waals surface area contributed by atoms with Crippen LogP contribution in [0.5, 0.6) is 0 Å². The molecule has 2 amide bonds. The molecule has 8 nitrogen and oxygen atoms in total. The summed E-state index contributed by atoms with van der Waals surface area (Å²) in [5.41, 5.74) is 4.02. The molecule has 4 aromatic rings. The average molecular weight is 542 g/mol. The lowest BCUT2D eigenvalue weighted by Crippen LogP contribution is -2.37. The highest BCUT2D eigenvalue weighted by Gasteiger charge is 2.19. The van der Waals surface area contributed by atoms with Crippen LogP contribution in [0.25, 0.3) is 0 Å². The number of nitrogens with zero attached hydrogens (tertiary/aromatic N) is 1. The Morgan fingerprint density at radius 1 is 0.875 bits per heavy atom. The van der Waals surface area contributed by atoms with E-state index in [1.807, 2.05) is 31.2 Å². The monoisotopic (exact) mass is 541 g/mol. The third-order valence-electron chi connectivity index (χ3n) is 6.85. The number of rotatable bonds is 9. The van der Waals surface area contributed by atoms with Gasteiger partial charge in [-0.2, -0.15) is 0 Å². The van der Waals surface area contributed by atoms with Crippen molar-refractivity contribution in [3.8, 4) is 0 Å². The molecule has 206 valence electrons. The van der Waals surface area contributed by atoms with Gasteiger partial charge in [0.1, 0.15) is 5.82 Å². The number of aromatic amines is 1. The molecule has 40 heavy (non-hydrogen) atoms. The van der Waals surface area contributed by atoms with Gasteiger partial charge in [-0.3, -0.25) is 9.59 Å². The molecule has 3 aromatic carbocycles. The Bertz CT molecular complexity index is 1430. The molecular formula is C31H32FN5O3. The van der Waals surface area contributed by atoms with E-state index in [4.69, 9.17) is 4.74 Å². The maximum absolute atomic E-state index is 14.7. The topological polar surface area (TPSA) is 98.5 Å². The summed E-state index contributed by atoms with van der Waals surface area (Å²) in [7, 11) is 0. The third-order valence-corrected chi connectivity index (χ3v) is 6.85. The fourth-order valence-electron chi connectivity index (χ4n) is 4.70. The average Bonchev–Trinajstić information content (AvgIpc) is 3.52. The second kappa shape index (κ2) is 12.5. The maximum Gasteiger partial charge on any atom is 0.257 e. The first-order chi connectivity index (χ1) is 19.5. The summed E-state index contributed by atoms with van der Waals surface area (Å²) in [5, 5.41) is 8.59. The van der Waals surface area contributed by atoms with Gasteiger partial charge in [0.25, 0.3) is 11.8 Å². The van der Waals surface area contributed by atoms with E-state index in [0.717, 1.165) is 38.2 Å². The molecule has 4 N–H and O–H groups in total. The minimum Gasteiger partial charge on any atom is -0.378 e. The number of amides is 2. The molecule has 0 radical (unpaired) electrons. The molecular weight excluding hydrogens is 509 g/mol. The fourth-order valence-corrected chi connectivity index (χ4v) is 4.70. The number of H-pyrrole nitrogens is 1. The number of anilines is 5. The molecule has 2 heterocycles. The lowest BCUT2D eigenvalue weighted by Gasteiger charge is -2.33. The van der Waals surface area contributed by atoms with Crippen LogP contribution in [0.4, 0.5) is 32.8 Å². The summed E-state index contributed by atoms with van der Waals surface area (Å²) in [6.45, 7) is 4.65. The van der Waals surface area contributed by atoms with E-state index in [1.54, 1.807) is 54.9 Å². The lowest BCUT2D eigenvalue weighted by atomic mass is 10.1. The lowest BCUT2D eigenvalue weighted by molar-refractivity contribution is 0.0459. The number of ether oxygens (including phenoxy) is 1. The van der Waals surface area contributed by atoms with Crippen molar-refractivity contribution in [2.75, 3.05) is 40.5 Å². The maximum atomic E-state index is 14.7. The van der Waals surface area contributed by atoms with Crippen molar-refractivity contribution in [1.29, 1.82) is 0 Å². The zero-order chi connectivity index (χ0) is 27.9. The highest BCUT2D eigenvalue weighted by Crippen LogP contribution is 2.25. The highest BCUT2D eigenvalue weighted by atomic mass is 19.1. The Morgan fingerprint density at radius 2 is 1.52 bits per heavy atom. The largest absolute Gasteiger partial charge is 0.378 e. The highest BCUT2D eigenvalue weighted by molar-refractivity contribution is 6.05. The molecule has 0 unspecified atom stereocenters. The van der Waals surface area contributed by atoms with Gasteiger partial charge in [-0.1, -0.05) is 0 Å². The van der Waals surface area contributed by atoms with Crippen molar-refractivity contribution < 1.29 is 18.7 Å². The van der Waals surface area contributed by atoms with E-state index in [1.165, 1.54) is 6.07 Å². The zero-order valence-electron chi connectivity index (χ0n) is 22.2. The smallest absolute Gasteiger partial charge is 0.257 e. The van der Waals surface area contributed by atoms with Gasteiger partial charge in [0.05, 0.1) is 17.4 Å². The second-order valence-corrected chi connectivity index (χ2v) is 9.59. The van der Waals surface area contributed by atoms with Crippen LogP contribution in [0.1, 0.15) is 40.5 Å². The first-order valence-electron chi connectivity index (χ1n) is 13.4. The number of hydrogen-bond donors (Lipinski definition) is 4. The van der Waals surface area contributed by atoms with Gasteiger partial charge in [-0.25, -0.2) is 4.39 Å².